The third kappa shape index (κ3) is 2.83. The molecule has 0 aromatic heterocycles. The zero-order chi connectivity index (χ0) is 20.4. The standard InChI is InChI=1S/C25H35NO3/c1-4-13-26-15-22(28)29-25(16-26)12-11-23(2)17(14-25)5-6-18-19-7-8-21(27)24(19,3)10-9-20(18)23/h1,17-20H,5-16H2,2-3H3/t17-,18-,19-,20-,23-,24-,25+/m0/s1. The van der Waals surface area contributed by atoms with Crippen LogP contribution in [0.3, 0.4) is 0 Å². The minimum absolute atomic E-state index is 0.0467. The first-order valence-electron chi connectivity index (χ1n) is 11.7. The Morgan fingerprint density at radius 1 is 1.10 bits per heavy atom. The lowest BCUT2D eigenvalue weighted by molar-refractivity contribution is -0.198. The van der Waals surface area contributed by atoms with Crippen molar-refractivity contribution in [2.75, 3.05) is 19.6 Å². The Morgan fingerprint density at radius 2 is 1.93 bits per heavy atom. The second-order valence-electron chi connectivity index (χ2n) is 11.3. The Bertz CT molecular complexity index is 771. The van der Waals surface area contributed by atoms with Crippen LogP contribution in [0.25, 0.3) is 0 Å². The van der Waals surface area contributed by atoms with Crippen molar-refractivity contribution in [3.8, 4) is 12.3 Å². The number of nitrogens with zero attached hydrogens (tertiary/aromatic N) is 1. The molecule has 29 heavy (non-hydrogen) atoms. The molecule has 1 saturated heterocycles. The van der Waals surface area contributed by atoms with Crippen LogP contribution in [-0.2, 0) is 14.3 Å². The summed E-state index contributed by atoms with van der Waals surface area (Å²) in [5.74, 6) is 5.76. The molecule has 0 N–H and O–H groups in total. The Balaban J connectivity index is 1.37. The zero-order valence-corrected chi connectivity index (χ0v) is 18.0. The summed E-state index contributed by atoms with van der Waals surface area (Å²) in [5.41, 5.74) is -0.0630. The molecule has 1 heterocycles. The van der Waals surface area contributed by atoms with Gasteiger partial charge in [0.2, 0.25) is 0 Å². The number of carbonyl (C=O) groups is 2. The van der Waals surface area contributed by atoms with Crippen LogP contribution in [0.15, 0.2) is 0 Å². The van der Waals surface area contributed by atoms with E-state index in [4.69, 9.17) is 11.2 Å². The summed E-state index contributed by atoms with van der Waals surface area (Å²) in [6.07, 6.45) is 15.2. The number of morpholine rings is 1. The van der Waals surface area contributed by atoms with E-state index in [-0.39, 0.29) is 17.0 Å². The van der Waals surface area contributed by atoms with Gasteiger partial charge < -0.3 is 4.74 Å². The normalized spacial score (nSPS) is 49.7. The van der Waals surface area contributed by atoms with Gasteiger partial charge in [0.1, 0.15) is 11.4 Å². The van der Waals surface area contributed by atoms with E-state index in [1.807, 2.05) is 0 Å². The van der Waals surface area contributed by atoms with Gasteiger partial charge in [-0.2, -0.15) is 0 Å². The first-order chi connectivity index (χ1) is 13.8. The van der Waals surface area contributed by atoms with Gasteiger partial charge in [0, 0.05) is 18.4 Å². The number of Topliss-reactive ketones (excluding diaryl/α,β-unsaturated/α-hetero) is 1. The van der Waals surface area contributed by atoms with E-state index in [0.717, 1.165) is 51.0 Å². The van der Waals surface area contributed by atoms with Crippen LogP contribution in [0.4, 0.5) is 0 Å². The van der Waals surface area contributed by atoms with Gasteiger partial charge in [0.25, 0.3) is 0 Å². The Morgan fingerprint density at radius 3 is 2.72 bits per heavy atom. The molecule has 4 aliphatic carbocycles. The third-order valence-corrected chi connectivity index (χ3v) is 10.0. The van der Waals surface area contributed by atoms with Gasteiger partial charge in [-0.3, -0.25) is 14.5 Å². The number of ketones is 1. The Labute approximate surface area is 175 Å². The largest absolute Gasteiger partial charge is 0.457 e. The maximum Gasteiger partial charge on any atom is 0.320 e. The van der Waals surface area contributed by atoms with Crippen LogP contribution in [0, 0.1) is 46.8 Å². The molecule has 0 aromatic carbocycles. The Kier molecular flexibility index (Phi) is 4.45. The molecule has 4 nitrogen and oxygen atoms in total. The fourth-order valence-electron chi connectivity index (χ4n) is 8.51. The molecular formula is C25H35NO3. The van der Waals surface area contributed by atoms with Crippen LogP contribution in [0.5, 0.6) is 0 Å². The van der Waals surface area contributed by atoms with Gasteiger partial charge in [-0.25, -0.2) is 0 Å². The highest BCUT2D eigenvalue weighted by Crippen LogP contribution is 2.66. The van der Waals surface area contributed by atoms with Crippen molar-refractivity contribution in [1.82, 2.24) is 4.90 Å². The minimum Gasteiger partial charge on any atom is -0.457 e. The number of rotatable bonds is 1. The van der Waals surface area contributed by atoms with Crippen molar-refractivity contribution < 1.29 is 14.3 Å². The maximum absolute atomic E-state index is 12.6. The Hall–Kier alpha value is -1.34. The topological polar surface area (TPSA) is 46.6 Å². The van der Waals surface area contributed by atoms with Crippen LogP contribution >= 0.6 is 0 Å². The lowest BCUT2D eigenvalue weighted by Gasteiger charge is -2.62. The summed E-state index contributed by atoms with van der Waals surface area (Å²) in [4.78, 5) is 27.0. The van der Waals surface area contributed by atoms with Gasteiger partial charge in [-0.05, 0) is 80.5 Å². The second-order valence-corrected chi connectivity index (χ2v) is 11.3. The number of carbonyl (C=O) groups excluding carboxylic acids is 2. The molecule has 0 amide bonds. The molecule has 5 rings (SSSR count). The van der Waals surface area contributed by atoms with Crippen molar-refractivity contribution in [2.24, 2.45) is 34.5 Å². The molecule has 4 heteroatoms. The number of esters is 1. The van der Waals surface area contributed by atoms with Crippen molar-refractivity contribution in [1.29, 1.82) is 0 Å². The molecule has 4 saturated carbocycles. The summed E-state index contributed by atoms with van der Waals surface area (Å²) in [6, 6.07) is 0. The number of hydrogen-bond acceptors (Lipinski definition) is 4. The molecule has 1 aliphatic heterocycles. The highest BCUT2D eigenvalue weighted by molar-refractivity contribution is 5.87. The van der Waals surface area contributed by atoms with Crippen molar-refractivity contribution in [3.05, 3.63) is 0 Å². The third-order valence-electron chi connectivity index (χ3n) is 10.0. The summed E-state index contributed by atoms with van der Waals surface area (Å²) in [7, 11) is 0. The van der Waals surface area contributed by atoms with Gasteiger partial charge in [0.15, 0.2) is 0 Å². The van der Waals surface area contributed by atoms with E-state index in [0.29, 0.717) is 42.0 Å². The van der Waals surface area contributed by atoms with Crippen LogP contribution in [0.2, 0.25) is 0 Å². The average molecular weight is 398 g/mol. The van der Waals surface area contributed by atoms with Crippen LogP contribution in [0.1, 0.15) is 71.6 Å². The molecule has 0 radical (unpaired) electrons. The van der Waals surface area contributed by atoms with Gasteiger partial charge in [0.05, 0.1) is 13.1 Å². The molecule has 0 unspecified atom stereocenters. The lowest BCUT2D eigenvalue weighted by Crippen LogP contribution is -2.61. The monoisotopic (exact) mass is 397 g/mol. The van der Waals surface area contributed by atoms with E-state index in [2.05, 4.69) is 24.7 Å². The molecule has 5 aliphatic rings. The van der Waals surface area contributed by atoms with E-state index in [1.54, 1.807) is 0 Å². The summed E-state index contributed by atoms with van der Waals surface area (Å²) < 4.78 is 6.03. The second kappa shape index (κ2) is 6.58. The van der Waals surface area contributed by atoms with Gasteiger partial charge in [-0.1, -0.05) is 19.8 Å². The van der Waals surface area contributed by atoms with E-state index in [1.165, 1.54) is 19.3 Å². The zero-order valence-electron chi connectivity index (χ0n) is 18.0. The number of hydrogen-bond donors (Lipinski definition) is 0. The van der Waals surface area contributed by atoms with Gasteiger partial charge >= 0.3 is 5.97 Å². The molecule has 5 fully saturated rings. The summed E-state index contributed by atoms with van der Waals surface area (Å²) in [6.45, 7) is 6.42. The minimum atomic E-state index is -0.338. The number of terminal acetylenes is 1. The number of ether oxygens (including phenoxy) is 1. The van der Waals surface area contributed by atoms with Crippen molar-refractivity contribution in [2.45, 2.75) is 77.2 Å². The first-order valence-corrected chi connectivity index (χ1v) is 11.7. The summed E-state index contributed by atoms with van der Waals surface area (Å²) in [5, 5.41) is 0. The van der Waals surface area contributed by atoms with Crippen molar-refractivity contribution >= 4 is 11.8 Å². The molecular weight excluding hydrogens is 362 g/mol. The van der Waals surface area contributed by atoms with E-state index >= 15 is 0 Å². The first kappa shape index (κ1) is 19.6. The smallest absolute Gasteiger partial charge is 0.320 e. The molecule has 1 spiro atoms. The SMILES string of the molecule is C#CCN1CC(=O)O[C@@]2(CC[C@@]3(C)[C@@H](CC[C@@H]4[C@@H]3CC[C@]3(C)C(=O)CC[C@@H]43)C2)C1. The summed E-state index contributed by atoms with van der Waals surface area (Å²) >= 11 is 0. The maximum atomic E-state index is 12.6. The van der Waals surface area contributed by atoms with Crippen LogP contribution < -0.4 is 0 Å². The fraction of sp³-hybridized carbons (Fsp3) is 0.840. The molecule has 0 bridgehead atoms. The highest BCUT2D eigenvalue weighted by atomic mass is 16.6. The van der Waals surface area contributed by atoms with Crippen LogP contribution in [-0.4, -0.2) is 41.9 Å². The highest BCUT2D eigenvalue weighted by Gasteiger charge is 2.62. The van der Waals surface area contributed by atoms with E-state index in [9.17, 15) is 9.59 Å². The molecule has 7 atom stereocenters. The fourth-order valence-corrected chi connectivity index (χ4v) is 8.51. The average Bonchev–Trinajstić information content (AvgIpc) is 2.97. The van der Waals surface area contributed by atoms with Gasteiger partial charge in [-0.15, -0.1) is 6.42 Å². The van der Waals surface area contributed by atoms with Crippen molar-refractivity contribution in [3.63, 3.8) is 0 Å². The molecule has 158 valence electrons. The molecule has 0 aromatic rings. The predicted molar refractivity (Wildman–Crippen MR) is 111 cm³/mol. The lowest BCUT2D eigenvalue weighted by atomic mass is 9.44. The quantitative estimate of drug-likeness (QED) is 0.498. The van der Waals surface area contributed by atoms with E-state index < -0.39 is 0 Å². The predicted octanol–water partition coefficient (Wildman–Crippen LogP) is 3.83. The number of fused-ring (bicyclic) bond motifs is 5.